The molecule has 0 bridgehead atoms. The summed E-state index contributed by atoms with van der Waals surface area (Å²) in [5.74, 6) is 1.52. The van der Waals surface area contributed by atoms with Gasteiger partial charge in [0.15, 0.2) is 0 Å². The van der Waals surface area contributed by atoms with E-state index < -0.39 is 0 Å². The lowest BCUT2D eigenvalue weighted by Crippen LogP contribution is -2.21. The number of benzene rings is 1. The predicted molar refractivity (Wildman–Crippen MR) is 88.7 cm³/mol. The molecule has 2 aromatic rings. The Balaban J connectivity index is 1.77. The quantitative estimate of drug-likeness (QED) is 0.716. The SMILES string of the molecule is CCCOc1ccc(Cl)cc1CNCCOc1ccccn1. The number of halogens is 1. The number of hydrogen-bond acceptors (Lipinski definition) is 4. The summed E-state index contributed by atoms with van der Waals surface area (Å²) in [6.07, 6.45) is 2.69. The standard InChI is InChI=1S/C17H21ClN2O2/c1-2-10-21-16-7-6-15(18)12-14(16)13-19-9-11-22-17-5-3-4-8-20-17/h3-8,12,19H,2,9-11,13H2,1H3. The minimum atomic E-state index is 0.558. The van der Waals surface area contributed by atoms with Crippen molar-refractivity contribution in [1.29, 1.82) is 0 Å². The number of rotatable bonds is 9. The van der Waals surface area contributed by atoms with Gasteiger partial charge in [0.05, 0.1) is 6.61 Å². The summed E-state index contributed by atoms with van der Waals surface area (Å²) in [6, 6.07) is 11.3. The lowest BCUT2D eigenvalue weighted by Gasteiger charge is -2.12. The highest BCUT2D eigenvalue weighted by molar-refractivity contribution is 6.30. The fourth-order valence-corrected chi connectivity index (χ4v) is 2.12. The van der Waals surface area contributed by atoms with E-state index in [0.717, 1.165) is 24.3 Å². The molecular formula is C17H21ClN2O2. The molecule has 0 saturated heterocycles. The van der Waals surface area contributed by atoms with Gasteiger partial charge in [0, 0.05) is 35.9 Å². The largest absolute Gasteiger partial charge is 0.493 e. The molecule has 0 unspecified atom stereocenters. The Morgan fingerprint density at radius 1 is 1.14 bits per heavy atom. The maximum atomic E-state index is 6.05. The Morgan fingerprint density at radius 2 is 2.05 bits per heavy atom. The summed E-state index contributed by atoms with van der Waals surface area (Å²) >= 11 is 6.05. The summed E-state index contributed by atoms with van der Waals surface area (Å²) in [5.41, 5.74) is 1.05. The van der Waals surface area contributed by atoms with E-state index in [1.807, 2.05) is 36.4 Å². The normalized spacial score (nSPS) is 10.5. The van der Waals surface area contributed by atoms with Gasteiger partial charge in [0.2, 0.25) is 5.88 Å². The van der Waals surface area contributed by atoms with Crippen LogP contribution in [0.4, 0.5) is 0 Å². The van der Waals surface area contributed by atoms with Crippen LogP contribution in [0.1, 0.15) is 18.9 Å². The number of ether oxygens (including phenoxy) is 2. The van der Waals surface area contributed by atoms with Crippen LogP contribution in [0.5, 0.6) is 11.6 Å². The van der Waals surface area contributed by atoms with Gasteiger partial charge >= 0.3 is 0 Å². The van der Waals surface area contributed by atoms with Crippen molar-refractivity contribution in [1.82, 2.24) is 10.3 Å². The second kappa shape index (κ2) is 9.28. The fourth-order valence-electron chi connectivity index (χ4n) is 1.92. The van der Waals surface area contributed by atoms with Crippen molar-refractivity contribution in [3.63, 3.8) is 0 Å². The Morgan fingerprint density at radius 3 is 2.82 bits per heavy atom. The van der Waals surface area contributed by atoms with E-state index in [9.17, 15) is 0 Å². The maximum absolute atomic E-state index is 6.05. The first kappa shape index (κ1) is 16.6. The van der Waals surface area contributed by atoms with Crippen LogP contribution in [-0.4, -0.2) is 24.7 Å². The number of nitrogens with zero attached hydrogens (tertiary/aromatic N) is 1. The lowest BCUT2D eigenvalue weighted by atomic mass is 10.2. The topological polar surface area (TPSA) is 43.4 Å². The van der Waals surface area contributed by atoms with Gasteiger partial charge in [-0.1, -0.05) is 24.6 Å². The average Bonchev–Trinajstić information content (AvgIpc) is 2.55. The van der Waals surface area contributed by atoms with Crippen LogP contribution in [0, 0.1) is 0 Å². The first-order chi connectivity index (χ1) is 10.8. The number of pyridine rings is 1. The van der Waals surface area contributed by atoms with Crippen molar-refractivity contribution in [3.05, 3.63) is 53.2 Å². The molecule has 4 nitrogen and oxygen atoms in total. The van der Waals surface area contributed by atoms with Gasteiger partial charge in [-0.15, -0.1) is 0 Å². The maximum Gasteiger partial charge on any atom is 0.213 e. The number of hydrogen-bond donors (Lipinski definition) is 1. The van der Waals surface area contributed by atoms with E-state index in [1.165, 1.54) is 0 Å². The molecule has 0 spiro atoms. The zero-order valence-corrected chi connectivity index (χ0v) is 13.5. The number of nitrogens with one attached hydrogen (secondary N) is 1. The Kier molecular flexibility index (Phi) is 7.00. The molecule has 1 aromatic carbocycles. The van der Waals surface area contributed by atoms with Crippen molar-refractivity contribution in [2.75, 3.05) is 19.8 Å². The third-order valence-corrected chi connectivity index (χ3v) is 3.20. The second-order valence-corrected chi connectivity index (χ2v) is 5.23. The van der Waals surface area contributed by atoms with Crippen LogP contribution in [0.25, 0.3) is 0 Å². The Bertz CT molecular complexity index is 564. The summed E-state index contributed by atoms with van der Waals surface area (Å²) in [7, 11) is 0. The molecule has 2 rings (SSSR count). The van der Waals surface area contributed by atoms with Crippen LogP contribution >= 0.6 is 11.6 Å². The van der Waals surface area contributed by atoms with Gasteiger partial charge in [-0.2, -0.15) is 0 Å². The van der Waals surface area contributed by atoms with Gasteiger partial charge in [0.25, 0.3) is 0 Å². The first-order valence-electron chi connectivity index (χ1n) is 7.45. The van der Waals surface area contributed by atoms with E-state index in [4.69, 9.17) is 21.1 Å². The Labute approximate surface area is 136 Å². The van der Waals surface area contributed by atoms with Crippen molar-refractivity contribution in [2.45, 2.75) is 19.9 Å². The van der Waals surface area contributed by atoms with E-state index in [-0.39, 0.29) is 0 Å². The molecule has 1 N–H and O–H groups in total. The van der Waals surface area contributed by atoms with E-state index >= 15 is 0 Å². The smallest absolute Gasteiger partial charge is 0.213 e. The van der Waals surface area contributed by atoms with Gasteiger partial charge in [0.1, 0.15) is 12.4 Å². The van der Waals surface area contributed by atoms with Crippen LogP contribution in [-0.2, 0) is 6.54 Å². The van der Waals surface area contributed by atoms with Crippen molar-refractivity contribution in [2.24, 2.45) is 0 Å². The van der Waals surface area contributed by atoms with Crippen LogP contribution in [0.3, 0.4) is 0 Å². The van der Waals surface area contributed by atoms with Crippen LogP contribution < -0.4 is 14.8 Å². The van der Waals surface area contributed by atoms with Crippen molar-refractivity contribution < 1.29 is 9.47 Å². The summed E-state index contributed by atoms with van der Waals surface area (Å²) in [4.78, 5) is 4.11. The molecular weight excluding hydrogens is 300 g/mol. The van der Waals surface area contributed by atoms with Crippen molar-refractivity contribution >= 4 is 11.6 Å². The van der Waals surface area contributed by atoms with Gasteiger partial charge < -0.3 is 14.8 Å². The molecule has 0 aliphatic rings. The lowest BCUT2D eigenvalue weighted by molar-refractivity contribution is 0.298. The predicted octanol–water partition coefficient (Wildman–Crippen LogP) is 3.69. The highest BCUT2D eigenvalue weighted by Gasteiger charge is 2.04. The van der Waals surface area contributed by atoms with Gasteiger partial charge in [-0.3, -0.25) is 0 Å². The summed E-state index contributed by atoms with van der Waals surface area (Å²) in [5, 5.41) is 4.04. The molecule has 0 atom stereocenters. The van der Waals surface area contributed by atoms with Crippen molar-refractivity contribution in [3.8, 4) is 11.6 Å². The molecule has 118 valence electrons. The third kappa shape index (κ3) is 5.54. The second-order valence-electron chi connectivity index (χ2n) is 4.79. The zero-order valence-electron chi connectivity index (χ0n) is 12.7. The molecule has 1 aromatic heterocycles. The Hall–Kier alpha value is -1.78. The molecule has 5 heteroatoms. The molecule has 22 heavy (non-hydrogen) atoms. The summed E-state index contributed by atoms with van der Waals surface area (Å²) in [6.45, 7) is 4.75. The van der Waals surface area contributed by atoms with Gasteiger partial charge in [-0.05, 0) is 30.7 Å². The van der Waals surface area contributed by atoms with Crippen LogP contribution in [0.15, 0.2) is 42.6 Å². The van der Waals surface area contributed by atoms with Gasteiger partial charge in [-0.25, -0.2) is 4.98 Å². The molecule has 0 fully saturated rings. The molecule has 0 amide bonds. The molecule has 0 aliphatic heterocycles. The monoisotopic (exact) mass is 320 g/mol. The number of aromatic nitrogens is 1. The van der Waals surface area contributed by atoms with Crippen LogP contribution in [0.2, 0.25) is 5.02 Å². The summed E-state index contributed by atoms with van der Waals surface area (Å²) < 4.78 is 11.3. The van der Waals surface area contributed by atoms with E-state index in [2.05, 4.69) is 17.2 Å². The highest BCUT2D eigenvalue weighted by Crippen LogP contribution is 2.23. The first-order valence-corrected chi connectivity index (χ1v) is 7.83. The average molecular weight is 321 g/mol. The van der Waals surface area contributed by atoms with E-state index in [1.54, 1.807) is 6.20 Å². The molecule has 0 saturated carbocycles. The third-order valence-electron chi connectivity index (χ3n) is 2.97. The zero-order chi connectivity index (χ0) is 15.6. The minimum Gasteiger partial charge on any atom is -0.493 e. The molecule has 1 heterocycles. The molecule has 0 aliphatic carbocycles. The molecule has 0 radical (unpaired) electrons. The fraction of sp³-hybridized carbons (Fsp3) is 0.353. The highest BCUT2D eigenvalue weighted by atomic mass is 35.5. The minimum absolute atomic E-state index is 0.558. The van der Waals surface area contributed by atoms with E-state index in [0.29, 0.717) is 30.7 Å².